The van der Waals surface area contributed by atoms with Crippen LogP contribution in [0.5, 0.6) is 0 Å². The number of nitrogens with zero attached hydrogens (tertiary/aromatic N) is 2. The zero-order valence-electron chi connectivity index (χ0n) is 15.3. The number of hydrogen-bond acceptors (Lipinski definition) is 3. The normalized spacial score (nSPS) is 22.0. The van der Waals surface area contributed by atoms with Crippen molar-refractivity contribution in [3.05, 3.63) is 35.9 Å². The Balaban J connectivity index is 1.40. The molecule has 1 aromatic carbocycles. The molecule has 138 valence electrons. The molecule has 0 unspecified atom stereocenters. The zero-order valence-corrected chi connectivity index (χ0v) is 15.3. The van der Waals surface area contributed by atoms with E-state index in [1.54, 1.807) is 0 Å². The van der Waals surface area contributed by atoms with Crippen molar-refractivity contribution in [2.24, 2.45) is 5.92 Å². The summed E-state index contributed by atoms with van der Waals surface area (Å²) >= 11 is 0. The standard InChI is InChI=1S/C20H31N3O2/c1-2-23(15-18-10-13-25-16-18)20(24)21-19-8-11-22(12-9-19)14-17-6-4-3-5-7-17/h3-7,18-19H,2,8-16H2,1H3,(H,21,24)/t18-/m0/s1. The predicted molar refractivity (Wildman–Crippen MR) is 99.4 cm³/mol. The summed E-state index contributed by atoms with van der Waals surface area (Å²) in [5.74, 6) is 0.499. The van der Waals surface area contributed by atoms with E-state index in [4.69, 9.17) is 4.74 Å². The van der Waals surface area contributed by atoms with Crippen LogP contribution in [-0.4, -0.2) is 61.3 Å². The Morgan fingerprint density at radius 2 is 2.00 bits per heavy atom. The lowest BCUT2D eigenvalue weighted by Gasteiger charge is -2.34. The summed E-state index contributed by atoms with van der Waals surface area (Å²) in [6, 6.07) is 11.0. The average molecular weight is 345 g/mol. The second-order valence-electron chi connectivity index (χ2n) is 7.25. The maximum atomic E-state index is 12.6. The van der Waals surface area contributed by atoms with Gasteiger partial charge in [0.1, 0.15) is 0 Å². The summed E-state index contributed by atoms with van der Waals surface area (Å²) in [6.45, 7) is 8.35. The summed E-state index contributed by atoms with van der Waals surface area (Å²) in [5.41, 5.74) is 1.36. The van der Waals surface area contributed by atoms with Gasteiger partial charge in [0, 0.05) is 51.3 Å². The Bertz CT molecular complexity index is 523. The van der Waals surface area contributed by atoms with Crippen LogP contribution >= 0.6 is 0 Å². The largest absolute Gasteiger partial charge is 0.381 e. The highest BCUT2D eigenvalue weighted by Gasteiger charge is 2.25. The Morgan fingerprint density at radius 3 is 2.64 bits per heavy atom. The van der Waals surface area contributed by atoms with Crippen LogP contribution in [0.1, 0.15) is 31.7 Å². The fraction of sp³-hybridized carbons (Fsp3) is 0.650. The third-order valence-electron chi connectivity index (χ3n) is 5.34. The molecular weight excluding hydrogens is 314 g/mol. The molecule has 0 radical (unpaired) electrons. The zero-order chi connectivity index (χ0) is 17.5. The van der Waals surface area contributed by atoms with Crippen LogP contribution in [-0.2, 0) is 11.3 Å². The van der Waals surface area contributed by atoms with Crippen molar-refractivity contribution in [2.75, 3.05) is 39.4 Å². The van der Waals surface area contributed by atoms with Gasteiger partial charge in [-0.05, 0) is 31.7 Å². The molecule has 0 spiro atoms. The minimum atomic E-state index is 0.0934. The second kappa shape index (κ2) is 9.20. The second-order valence-corrected chi connectivity index (χ2v) is 7.25. The molecule has 2 saturated heterocycles. The highest BCUT2D eigenvalue weighted by atomic mass is 16.5. The number of carbonyl (C=O) groups excluding carboxylic acids is 1. The van der Waals surface area contributed by atoms with Crippen molar-refractivity contribution >= 4 is 6.03 Å². The third kappa shape index (κ3) is 5.44. The summed E-state index contributed by atoms with van der Waals surface area (Å²) in [5, 5.41) is 3.25. The van der Waals surface area contributed by atoms with E-state index in [0.717, 1.165) is 65.2 Å². The van der Waals surface area contributed by atoms with E-state index in [9.17, 15) is 4.79 Å². The molecule has 2 heterocycles. The summed E-state index contributed by atoms with van der Waals surface area (Å²) in [4.78, 5) is 17.0. The summed E-state index contributed by atoms with van der Waals surface area (Å²) < 4.78 is 5.43. The number of urea groups is 1. The van der Waals surface area contributed by atoms with Crippen molar-refractivity contribution in [3.63, 3.8) is 0 Å². The van der Waals surface area contributed by atoms with Gasteiger partial charge in [0.2, 0.25) is 0 Å². The number of ether oxygens (including phenoxy) is 1. The van der Waals surface area contributed by atoms with Gasteiger partial charge in [0.15, 0.2) is 0 Å². The van der Waals surface area contributed by atoms with Crippen LogP contribution in [0.4, 0.5) is 4.79 Å². The van der Waals surface area contributed by atoms with Gasteiger partial charge in [-0.3, -0.25) is 4.90 Å². The average Bonchev–Trinajstić information content (AvgIpc) is 3.15. The van der Waals surface area contributed by atoms with Gasteiger partial charge in [-0.2, -0.15) is 0 Å². The lowest BCUT2D eigenvalue weighted by atomic mass is 10.0. The number of rotatable bonds is 6. The minimum Gasteiger partial charge on any atom is -0.381 e. The molecule has 0 aliphatic carbocycles. The lowest BCUT2D eigenvalue weighted by molar-refractivity contribution is 0.156. The molecule has 1 aromatic rings. The highest BCUT2D eigenvalue weighted by molar-refractivity contribution is 5.74. The molecule has 2 aliphatic rings. The van der Waals surface area contributed by atoms with Crippen LogP contribution in [0.3, 0.4) is 0 Å². The molecule has 0 saturated carbocycles. The van der Waals surface area contributed by atoms with Crippen molar-refractivity contribution in [3.8, 4) is 0 Å². The van der Waals surface area contributed by atoms with E-state index in [0.29, 0.717) is 12.0 Å². The van der Waals surface area contributed by atoms with Gasteiger partial charge >= 0.3 is 6.03 Å². The van der Waals surface area contributed by atoms with Gasteiger partial charge in [-0.1, -0.05) is 30.3 Å². The maximum Gasteiger partial charge on any atom is 0.317 e. The van der Waals surface area contributed by atoms with E-state index in [2.05, 4.69) is 47.5 Å². The molecule has 0 aromatic heterocycles. The van der Waals surface area contributed by atoms with Crippen molar-refractivity contribution in [2.45, 2.75) is 38.8 Å². The molecule has 2 aliphatic heterocycles. The Kier molecular flexibility index (Phi) is 6.70. The molecule has 1 N–H and O–H groups in total. The van der Waals surface area contributed by atoms with Crippen LogP contribution in [0.25, 0.3) is 0 Å². The molecule has 2 fully saturated rings. The SMILES string of the molecule is CCN(C[C@@H]1CCOC1)C(=O)NC1CCN(Cc2ccccc2)CC1. The van der Waals surface area contributed by atoms with E-state index in [1.165, 1.54) is 5.56 Å². The van der Waals surface area contributed by atoms with Crippen LogP contribution < -0.4 is 5.32 Å². The van der Waals surface area contributed by atoms with E-state index >= 15 is 0 Å². The van der Waals surface area contributed by atoms with Crippen LogP contribution in [0, 0.1) is 5.92 Å². The highest BCUT2D eigenvalue weighted by Crippen LogP contribution is 2.16. The smallest absolute Gasteiger partial charge is 0.317 e. The lowest BCUT2D eigenvalue weighted by Crippen LogP contribution is -2.50. The van der Waals surface area contributed by atoms with E-state index < -0.39 is 0 Å². The Hall–Kier alpha value is -1.59. The predicted octanol–water partition coefficient (Wildman–Crippen LogP) is 2.72. The molecule has 1 atom stereocenters. The molecule has 5 nitrogen and oxygen atoms in total. The maximum absolute atomic E-state index is 12.6. The summed E-state index contributed by atoms with van der Waals surface area (Å²) in [7, 11) is 0. The number of carbonyl (C=O) groups is 1. The fourth-order valence-electron chi connectivity index (χ4n) is 3.74. The van der Waals surface area contributed by atoms with Crippen LogP contribution in [0.2, 0.25) is 0 Å². The number of nitrogens with one attached hydrogen (secondary N) is 1. The van der Waals surface area contributed by atoms with Gasteiger partial charge in [-0.15, -0.1) is 0 Å². The monoisotopic (exact) mass is 345 g/mol. The van der Waals surface area contributed by atoms with Crippen molar-refractivity contribution in [1.82, 2.24) is 15.1 Å². The molecule has 5 heteroatoms. The molecule has 2 amide bonds. The number of benzene rings is 1. The number of hydrogen-bond donors (Lipinski definition) is 1. The van der Waals surface area contributed by atoms with Crippen molar-refractivity contribution < 1.29 is 9.53 Å². The first-order valence-corrected chi connectivity index (χ1v) is 9.64. The van der Waals surface area contributed by atoms with Gasteiger partial charge in [0.25, 0.3) is 0 Å². The Labute approximate surface area is 151 Å². The van der Waals surface area contributed by atoms with Crippen LogP contribution in [0.15, 0.2) is 30.3 Å². The number of piperidine rings is 1. The van der Waals surface area contributed by atoms with E-state index in [-0.39, 0.29) is 6.03 Å². The van der Waals surface area contributed by atoms with Gasteiger partial charge < -0.3 is 15.0 Å². The molecule has 25 heavy (non-hydrogen) atoms. The number of likely N-dealkylation sites (tertiary alicyclic amines) is 1. The first kappa shape index (κ1) is 18.2. The fourth-order valence-corrected chi connectivity index (χ4v) is 3.74. The van der Waals surface area contributed by atoms with Crippen molar-refractivity contribution in [1.29, 1.82) is 0 Å². The minimum absolute atomic E-state index is 0.0934. The third-order valence-corrected chi connectivity index (χ3v) is 5.34. The summed E-state index contributed by atoms with van der Waals surface area (Å²) in [6.07, 6.45) is 3.13. The topological polar surface area (TPSA) is 44.8 Å². The van der Waals surface area contributed by atoms with E-state index in [1.807, 2.05) is 4.90 Å². The quantitative estimate of drug-likeness (QED) is 0.862. The molecule has 0 bridgehead atoms. The van der Waals surface area contributed by atoms with Gasteiger partial charge in [-0.25, -0.2) is 4.79 Å². The first-order valence-electron chi connectivity index (χ1n) is 9.64. The molecule has 3 rings (SSSR count). The number of amides is 2. The first-order chi connectivity index (χ1) is 12.2. The molecular formula is C20H31N3O2. The Morgan fingerprint density at radius 1 is 1.24 bits per heavy atom. The van der Waals surface area contributed by atoms with Gasteiger partial charge in [0.05, 0.1) is 6.61 Å².